The average molecular weight is 221 g/mol. The second kappa shape index (κ2) is 4.76. The van der Waals surface area contributed by atoms with Crippen molar-refractivity contribution < 1.29 is 0 Å². The smallest absolute Gasteiger partial charge is 0.150 e. The van der Waals surface area contributed by atoms with Gasteiger partial charge in [-0.2, -0.15) is 0 Å². The normalized spacial score (nSPS) is 22.4. The van der Waals surface area contributed by atoms with Gasteiger partial charge in [-0.1, -0.05) is 0 Å². The van der Waals surface area contributed by atoms with Crippen molar-refractivity contribution in [2.24, 2.45) is 5.73 Å². The Balaban J connectivity index is 2.22. The third-order valence-corrected chi connectivity index (χ3v) is 3.09. The Morgan fingerprint density at radius 1 is 1.38 bits per heavy atom. The van der Waals surface area contributed by atoms with E-state index in [2.05, 4.69) is 26.8 Å². The molecule has 0 spiro atoms. The van der Waals surface area contributed by atoms with Gasteiger partial charge in [0.2, 0.25) is 0 Å². The summed E-state index contributed by atoms with van der Waals surface area (Å²) in [6, 6.07) is 0.342. The fourth-order valence-electron chi connectivity index (χ4n) is 2.17. The van der Waals surface area contributed by atoms with Crippen molar-refractivity contribution in [1.82, 2.24) is 14.9 Å². The number of hydrogen-bond acceptors (Lipinski definition) is 5. The van der Waals surface area contributed by atoms with Crippen molar-refractivity contribution in [2.45, 2.75) is 13.0 Å². The minimum atomic E-state index is 0.342. The summed E-state index contributed by atoms with van der Waals surface area (Å²) in [6.45, 7) is 5.66. The molecule has 1 aromatic rings. The van der Waals surface area contributed by atoms with Crippen LogP contribution in [-0.2, 0) is 0 Å². The lowest BCUT2D eigenvalue weighted by molar-refractivity contribution is 0.268. The zero-order valence-corrected chi connectivity index (χ0v) is 9.93. The molecule has 1 aliphatic rings. The molecule has 5 nitrogen and oxygen atoms in total. The molecule has 1 aromatic heterocycles. The van der Waals surface area contributed by atoms with Crippen molar-refractivity contribution in [3.05, 3.63) is 18.1 Å². The first-order chi connectivity index (χ1) is 7.72. The molecule has 2 rings (SSSR count). The van der Waals surface area contributed by atoms with Crippen LogP contribution < -0.4 is 10.6 Å². The zero-order chi connectivity index (χ0) is 11.5. The molecule has 2 N–H and O–H groups in total. The number of anilines is 1. The maximum atomic E-state index is 5.83. The number of hydrogen-bond donors (Lipinski definition) is 1. The highest BCUT2D eigenvalue weighted by Crippen LogP contribution is 2.19. The molecule has 1 fully saturated rings. The largest absolute Gasteiger partial charge is 0.348 e. The summed E-state index contributed by atoms with van der Waals surface area (Å²) in [5.74, 6) is 0.978. The van der Waals surface area contributed by atoms with E-state index < -0.39 is 0 Å². The SMILES string of the molecule is Cc1nccnc1N1CCN(C)CC1CN. The van der Waals surface area contributed by atoms with Gasteiger partial charge in [-0.25, -0.2) is 4.98 Å². The Bertz CT molecular complexity index is 354. The van der Waals surface area contributed by atoms with Crippen LogP contribution in [-0.4, -0.2) is 54.1 Å². The third kappa shape index (κ3) is 2.15. The van der Waals surface area contributed by atoms with Gasteiger partial charge in [0.15, 0.2) is 0 Å². The molecule has 88 valence electrons. The van der Waals surface area contributed by atoms with E-state index in [9.17, 15) is 0 Å². The molecule has 1 atom stereocenters. The van der Waals surface area contributed by atoms with E-state index in [-0.39, 0.29) is 0 Å². The highest BCUT2D eigenvalue weighted by molar-refractivity contribution is 5.44. The van der Waals surface area contributed by atoms with Crippen LogP contribution in [0.15, 0.2) is 12.4 Å². The molecular weight excluding hydrogens is 202 g/mol. The molecule has 0 radical (unpaired) electrons. The van der Waals surface area contributed by atoms with Gasteiger partial charge in [-0.05, 0) is 14.0 Å². The lowest BCUT2D eigenvalue weighted by Gasteiger charge is -2.40. The monoisotopic (exact) mass is 221 g/mol. The molecule has 1 unspecified atom stereocenters. The van der Waals surface area contributed by atoms with Gasteiger partial charge in [0, 0.05) is 38.6 Å². The lowest BCUT2D eigenvalue weighted by Crippen LogP contribution is -2.55. The van der Waals surface area contributed by atoms with Crippen LogP contribution >= 0.6 is 0 Å². The Morgan fingerprint density at radius 3 is 2.81 bits per heavy atom. The Kier molecular flexibility index (Phi) is 3.36. The molecule has 0 aliphatic carbocycles. The maximum Gasteiger partial charge on any atom is 0.150 e. The van der Waals surface area contributed by atoms with Crippen molar-refractivity contribution in [1.29, 1.82) is 0 Å². The van der Waals surface area contributed by atoms with Crippen LogP contribution in [0.25, 0.3) is 0 Å². The van der Waals surface area contributed by atoms with Crippen LogP contribution in [0.2, 0.25) is 0 Å². The van der Waals surface area contributed by atoms with Gasteiger partial charge in [0.25, 0.3) is 0 Å². The van der Waals surface area contributed by atoms with Gasteiger partial charge in [0.05, 0.1) is 11.7 Å². The van der Waals surface area contributed by atoms with Gasteiger partial charge in [-0.15, -0.1) is 0 Å². The van der Waals surface area contributed by atoms with Gasteiger partial charge in [0.1, 0.15) is 5.82 Å². The van der Waals surface area contributed by atoms with Crippen LogP contribution in [0.3, 0.4) is 0 Å². The van der Waals surface area contributed by atoms with Crippen LogP contribution in [0.5, 0.6) is 0 Å². The first-order valence-electron chi connectivity index (χ1n) is 5.65. The number of likely N-dealkylation sites (N-methyl/N-ethyl adjacent to an activating group) is 1. The van der Waals surface area contributed by atoms with Gasteiger partial charge in [-0.3, -0.25) is 4.98 Å². The number of nitrogens with zero attached hydrogens (tertiary/aromatic N) is 4. The summed E-state index contributed by atoms with van der Waals surface area (Å²) in [6.07, 6.45) is 3.47. The zero-order valence-electron chi connectivity index (χ0n) is 9.93. The standard InChI is InChI=1S/C11H19N5/c1-9-11(14-4-3-13-9)16-6-5-15(2)8-10(16)7-12/h3-4,10H,5-8,12H2,1-2H3. The van der Waals surface area contributed by atoms with Crippen molar-refractivity contribution >= 4 is 5.82 Å². The highest BCUT2D eigenvalue weighted by atomic mass is 15.3. The number of piperazine rings is 1. The summed E-state index contributed by atoms with van der Waals surface area (Å²) < 4.78 is 0. The number of aryl methyl sites for hydroxylation is 1. The molecule has 0 aromatic carbocycles. The molecule has 0 saturated carbocycles. The average Bonchev–Trinajstić information content (AvgIpc) is 2.30. The number of aromatic nitrogens is 2. The molecule has 5 heteroatoms. The van der Waals surface area contributed by atoms with E-state index in [0.717, 1.165) is 31.1 Å². The van der Waals surface area contributed by atoms with E-state index in [1.807, 2.05) is 6.92 Å². The molecule has 0 amide bonds. The van der Waals surface area contributed by atoms with Crippen LogP contribution in [0.4, 0.5) is 5.82 Å². The second-order valence-electron chi connectivity index (χ2n) is 4.31. The molecule has 2 heterocycles. The lowest BCUT2D eigenvalue weighted by atomic mass is 10.1. The van der Waals surface area contributed by atoms with E-state index in [0.29, 0.717) is 12.6 Å². The quantitative estimate of drug-likeness (QED) is 0.753. The van der Waals surface area contributed by atoms with Crippen molar-refractivity contribution in [3.8, 4) is 0 Å². The molecule has 1 saturated heterocycles. The van der Waals surface area contributed by atoms with Crippen LogP contribution in [0.1, 0.15) is 5.69 Å². The minimum absolute atomic E-state index is 0.342. The summed E-state index contributed by atoms with van der Waals surface area (Å²) in [4.78, 5) is 13.3. The van der Waals surface area contributed by atoms with E-state index in [4.69, 9.17) is 5.73 Å². The predicted octanol–water partition coefficient (Wildman–Crippen LogP) is -0.136. The number of nitrogens with two attached hydrogens (primary N) is 1. The molecule has 0 bridgehead atoms. The predicted molar refractivity (Wildman–Crippen MR) is 64.5 cm³/mol. The second-order valence-corrected chi connectivity index (χ2v) is 4.31. The minimum Gasteiger partial charge on any atom is -0.348 e. The summed E-state index contributed by atoms with van der Waals surface area (Å²) in [7, 11) is 2.13. The van der Waals surface area contributed by atoms with Gasteiger partial charge < -0.3 is 15.5 Å². The maximum absolute atomic E-state index is 5.83. The highest BCUT2D eigenvalue weighted by Gasteiger charge is 2.26. The Hall–Kier alpha value is -1.20. The fourth-order valence-corrected chi connectivity index (χ4v) is 2.17. The molecule has 16 heavy (non-hydrogen) atoms. The number of rotatable bonds is 2. The topological polar surface area (TPSA) is 58.3 Å². The first kappa shape index (κ1) is 11.3. The first-order valence-corrected chi connectivity index (χ1v) is 5.65. The Labute approximate surface area is 96.3 Å². The molecular formula is C11H19N5. The summed E-state index contributed by atoms with van der Waals surface area (Å²) >= 11 is 0. The van der Waals surface area contributed by atoms with E-state index in [1.165, 1.54) is 0 Å². The Morgan fingerprint density at radius 2 is 2.12 bits per heavy atom. The third-order valence-electron chi connectivity index (χ3n) is 3.09. The van der Waals surface area contributed by atoms with Crippen LogP contribution in [0, 0.1) is 6.92 Å². The van der Waals surface area contributed by atoms with Crippen molar-refractivity contribution in [3.63, 3.8) is 0 Å². The summed E-state index contributed by atoms with van der Waals surface area (Å²) in [5.41, 5.74) is 6.80. The van der Waals surface area contributed by atoms with E-state index >= 15 is 0 Å². The van der Waals surface area contributed by atoms with Crippen molar-refractivity contribution in [2.75, 3.05) is 38.1 Å². The molecule has 1 aliphatic heterocycles. The fraction of sp³-hybridized carbons (Fsp3) is 0.636. The summed E-state index contributed by atoms with van der Waals surface area (Å²) in [5, 5.41) is 0. The van der Waals surface area contributed by atoms with E-state index in [1.54, 1.807) is 12.4 Å². The van der Waals surface area contributed by atoms with Gasteiger partial charge >= 0.3 is 0 Å².